The first-order valence-electron chi connectivity index (χ1n) is 10.8. The lowest BCUT2D eigenvalue weighted by Gasteiger charge is -2.30. The number of carbonyl (C=O) groups excluding carboxylic acids is 1. The van der Waals surface area contributed by atoms with Gasteiger partial charge in [0, 0.05) is 36.2 Å². The second-order valence-electron chi connectivity index (χ2n) is 8.08. The Morgan fingerprint density at radius 1 is 1.18 bits per heavy atom. The van der Waals surface area contributed by atoms with E-state index in [4.69, 9.17) is 20.5 Å². The van der Waals surface area contributed by atoms with Gasteiger partial charge >= 0.3 is 0 Å². The second kappa shape index (κ2) is 9.19. The first-order chi connectivity index (χ1) is 16.1. The van der Waals surface area contributed by atoms with Gasteiger partial charge in [0.2, 0.25) is 5.76 Å². The molecule has 1 saturated heterocycles. The lowest BCUT2D eigenvalue weighted by molar-refractivity contribution is 0.0656. The van der Waals surface area contributed by atoms with Crippen molar-refractivity contribution < 1.29 is 18.1 Å². The van der Waals surface area contributed by atoms with Crippen LogP contribution in [0.3, 0.4) is 0 Å². The summed E-state index contributed by atoms with van der Waals surface area (Å²) in [6.07, 6.45) is 3.95. The van der Waals surface area contributed by atoms with Crippen LogP contribution in [0.25, 0.3) is 11.3 Å². The van der Waals surface area contributed by atoms with Crippen LogP contribution in [0.4, 0.5) is 4.39 Å². The fraction of sp³-hybridized carbons (Fsp3) is 0.240. The van der Waals surface area contributed by atoms with Gasteiger partial charge in [0.15, 0.2) is 5.89 Å². The molecule has 0 unspecified atom stereocenters. The van der Waals surface area contributed by atoms with E-state index < -0.39 is 5.82 Å². The molecule has 0 aliphatic carbocycles. The fourth-order valence-corrected chi connectivity index (χ4v) is 4.32. The molecule has 0 N–H and O–H groups in total. The van der Waals surface area contributed by atoms with E-state index in [1.54, 1.807) is 29.3 Å². The number of halogens is 2. The number of carbonyl (C=O) groups is 1. The highest BCUT2D eigenvalue weighted by atomic mass is 35.5. The Morgan fingerprint density at radius 2 is 2.00 bits per heavy atom. The third-order valence-corrected chi connectivity index (χ3v) is 6.19. The number of piperidine rings is 1. The summed E-state index contributed by atoms with van der Waals surface area (Å²) in [6.45, 7) is 1.05. The molecule has 6 nitrogen and oxygen atoms in total. The lowest BCUT2D eigenvalue weighted by Crippen LogP contribution is -2.39. The van der Waals surface area contributed by atoms with Crippen molar-refractivity contribution in [3.63, 3.8) is 0 Å². The van der Waals surface area contributed by atoms with Gasteiger partial charge in [-0.2, -0.15) is 0 Å². The van der Waals surface area contributed by atoms with E-state index >= 15 is 0 Å². The Kier molecular flexibility index (Phi) is 5.96. The van der Waals surface area contributed by atoms with Gasteiger partial charge < -0.3 is 13.8 Å². The molecule has 1 aliphatic heterocycles. The van der Waals surface area contributed by atoms with Crippen molar-refractivity contribution in [2.45, 2.75) is 25.2 Å². The van der Waals surface area contributed by atoms with E-state index in [0.717, 1.165) is 24.2 Å². The highest BCUT2D eigenvalue weighted by Crippen LogP contribution is 2.29. The van der Waals surface area contributed by atoms with Crippen molar-refractivity contribution in [2.75, 3.05) is 13.1 Å². The number of nitrogens with zero attached hydrogens (tertiary/aromatic N) is 3. The van der Waals surface area contributed by atoms with Gasteiger partial charge in [0.1, 0.15) is 17.3 Å². The summed E-state index contributed by atoms with van der Waals surface area (Å²) in [5.74, 6) is 0.708. The molecule has 1 atom stereocenters. The Balaban J connectivity index is 1.28. The minimum Gasteiger partial charge on any atom is -0.445 e. The van der Waals surface area contributed by atoms with Crippen LogP contribution in [0.2, 0.25) is 5.02 Å². The smallest absolute Gasteiger partial charge is 0.292 e. The normalized spacial score (nSPS) is 16.2. The zero-order valence-electron chi connectivity index (χ0n) is 17.7. The van der Waals surface area contributed by atoms with E-state index in [0.29, 0.717) is 41.7 Å². The predicted octanol–water partition coefficient (Wildman–Crippen LogP) is 5.73. The monoisotopic (exact) mass is 465 g/mol. The van der Waals surface area contributed by atoms with Crippen LogP contribution in [0.1, 0.15) is 46.5 Å². The maximum Gasteiger partial charge on any atom is 0.292 e. The number of rotatable bonds is 5. The van der Waals surface area contributed by atoms with Gasteiger partial charge in [-0.1, -0.05) is 47.1 Å². The van der Waals surface area contributed by atoms with Crippen molar-refractivity contribution in [1.29, 1.82) is 0 Å². The molecular formula is C25H21ClFN3O3. The van der Waals surface area contributed by atoms with Crippen molar-refractivity contribution in [3.05, 3.63) is 94.6 Å². The Morgan fingerprint density at radius 3 is 2.85 bits per heavy atom. The summed E-state index contributed by atoms with van der Waals surface area (Å²) in [7, 11) is 0. The molecule has 0 saturated carbocycles. The van der Waals surface area contributed by atoms with Gasteiger partial charge in [-0.25, -0.2) is 9.37 Å². The third kappa shape index (κ3) is 4.54. The van der Waals surface area contributed by atoms with Crippen LogP contribution in [0, 0.1) is 5.82 Å². The number of benzene rings is 2. The molecule has 2 aromatic heterocycles. The van der Waals surface area contributed by atoms with E-state index in [9.17, 15) is 9.18 Å². The molecule has 1 fully saturated rings. The van der Waals surface area contributed by atoms with Gasteiger partial charge in [-0.05, 0) is 36.6 Å². The molecular weight excluding hydrogens is 445 g/mol. The molecule has 1 aliphatic rings. The number of amides is 1. The van der Waals surface area contributed by atoms with Crippen LogP contribution in [-0.2, 0) is 6.42 Å². The topological polar surface area (TPSA) is 72.4 Å². The summed E-state index contributed by atoms with van der Waals surface area (Å²) in [5.41, 5.74) is 1.56. The molecule has 8 heteroatoms. The van der Waals surface area contributed by atoms with Gasteiger partial charge in [-0.3, -0.25) is 4.79 Å². The maximum absolute atomic E-state index is 14.0. The summed E-state index contributed by atoms with van der Waals surface area (Å²) in [5, 5.41) is 4.57. The number of oxazole rings is 1. The van der Waals surface area contributed by atoms with Crippen LogP contribution < -0.4 is 0 Å². The Labute approximate surface area is 195 Å². The summed E-state index contributed by atoms with van der Waals surface area (Å²) in [4.78, 5) is 19.2. The number of likely N-dealkylation sites (tertiary alicyclic amines) is 1. The Hall–Kier alpha value is -3.45. The highest BCUT2D eigenvalue weighted by molar-refractivity contribution is 6.31. The van der Waals surface area contributed by atoms with Gasteiger partial charge in [-0.15, -0.1) is 0 Å². The second-order valence-corrected chi connectivity index (χ2v) is 8.49. The Bertz CT molecular complexity index is 1290. The lowest BCUT2D eigenvalue weighted by atomic mass is 9.97. The van der Waals surface area contributed by atoms with Crippen molar-refractivity contribution >= 4 is 17.5 Å². The molecule has 168 valence electrons. The minimum absolute atomic E-state index is 0.0170. The van der Waals surface area contributed by atoms with Gasteiger partial charge in [0.25, 0.3) is 5.91 Å². The van der Waals surface area contributed by atoms with E-state index in [2.05, 4.69) is 10.1 Å². The minimum atomic E-state index is -0.417. The third-order valence-electron chi connectivity index (χ3n) is 5.82. The average Bonchev–Trinajstić information content (AvgIpc) is 3.51. The van der Waals surface area contributed by atoms with E-state index in [-0.39, 0.29) is 17.6 Å². The standard InChI is InChI=1S/C25H21ClFN3O3/c26-20-9-3-1-6-16(20)12-18-14-28-24(32-18)17-7-5-11-30(15-17)25(31)23-13-22(29-33-23)19-8-2-4-10-21(19)27/h1-4,6,8-10,13-14,17H,5,7,11-12,15H2/t17-/m0/s1. The van der Waals surface area contributed by atoms with Crippen LogP contribution >= 0.6 is 11.6 Å². The highest BCUT2D eigenvalue weighted by Gasteiger charge is 2.30. The van der Waals surface area contributed by atoms with Crippen LogP contribution in [0.5, 0.6) is 0 Å². The molecule has 2 aromatic carbocycles. The predicted molar refractivity (Wildman–Crippen MR) is 121 cm³/mol. The van der Waals surface area contributed by atoms with Crippen molar-refractivity contribution in [2.24, 2.45) is 0 Å². The number of hydrogen-bond donors (Lipinski definition) is 0. The molecule has 4 aromatic rings. The van der Waals surface area contributed by atoms with Crippen molar-refractivity contribution in [1.82, 2.24) is 15.0 Å². The van der Waals surface area contributed by atoms with E-state index in [1.807, 2.05) is 24.3 Å². The molecule has 3 heterocycles. The maximum atomic E-state index is 14.0. The SMILES string of the molecule is O=C(c1cc(-c2ccccc2F)no1)N1CCC[C@H](c2ncc(Cc3ccccc3Cl)o2)C1. The summed E-state index contributed by atoms with van der Waals surface area (Å²) >= 11 is 6.25. The van der Waals surface area contributed by atoms with Gasteiger partial charge in [0.05, 0.1) is 12.1 Å². The quantitative estimate of drug-likeness (QED) is 0.376. The zero-order chi connectivity index (χ0) is 22.8. The summed E-state index contributed by atoms with van der Waals surface area (Å²) < 4.78 is 25.3. The molecule has 0 bridgehead atoms. The molecule has 1 amide bonds. The van der Waals surface area contributed by atoms with Crippen LogP contribution in [-0.4, -0.2) is 34.0 Å². The molecule has 5 rings (SSSR count). The average molecular weight is 466 g/mol. The largest absolute Gasteiger partial charge is 0.445 e. The number of hydrogen-bond acceptors (Lipinski definition) is 5. The fourth-order valence-electron chi connectivity index (χ4n) is 4.11. The zero-order valence-corrected chi connectivity index (χ0v) is 18.5. The molecule has 33 heavy (non-hydrogen) atoms. The molecule has 0 spiro atoms. The van der Waals surface area contributed by atoms with Crippen LogP contribution in [0.15, 0.2) is 69.7 Å². The summed E-state index contributed by atoms with van der Waals surface area (Å²) in [6, 6.07) is 15.4. The molecule has 0 radical (unpaired) electrons. The number of aromatic nitrogens is 2. The first-order valence-corrected chi connectivity index (χ1v) is 11.1. The van der Waals surface area contributed by atoms with Crippen molar-refractivity contribution in [3.8, 4) is 11.3 Å². The first kappa shape index (κ1) is 21.4. The van der Waals surface area contributed by atoms with E-state index in [1.165, 1.54) is 12.1 Å².